The van der Waals surface area contributed by atoms with Crippen molar-refractivity contribution in [1.29, 1.82) is 0 Å². The molecule has 0 bridgehead atoms. The fraction of sp³-hybridized carbons (Fsp3) is 0.136. The van der Waals surface area contributed by atoms with Crippen LogP contribution >= 0.6 is 11.6 Å². The Morgan fingerprint density at radius 3 is 2.27 bits per heavy atom. The molecule has 3 rings (SSSR count). The highest BCUT2D eigenvalue weighted by molar-refractivity contribution is 7.90. The second-order valence-corrected chi connectivity index (χ2v) is 11.2. The number of sulfone groups is 1. The van der Waals surface area contributed by atoms with Crippen LogP contribution in [0.5, 0.6) is 5.75 Å². The summed E-state index contributed by atoms with van der Waals surface area (Å²) in [7, 11) is -7.49. The van der Waals surface area contributed by atoms with Gasteiger partial charge in [-0.3, -0.25) is 4.79 Å². The molecule has 11 heteroatoms. The molecule has 0 spiro atoms. The highest BCUT2D eigenvalue weighted by atomic mass is 35.5. The van der Waals surface area contributed by atoms with Crippen LogP contribution in [0.1, 0.15) is 11.1 Å². The quantitative estimate of drug-likeness (QED) is 0.480. The number of carbonyl (C=O) groups excluding carboxylic acids is 1. The van der Waals surface area contributed by atoms with Crippen LogP contribution < -0.4 is 15.2 Å². The Kier molecular flexibility index (Phi) is 7.43. The van der Waals surface area contributed by atoms with E-state index in [0.717, 1.165) is 6.26 Å². The van der Waals surface area contributed by atoms with Crippen molar-refractivity contribution in [3.63, 3.8) is 0 Å². The summed E-state index contributed by atoms with van der Waals surface area (Å²) >= 11 is 6.07. The summed E-state index contributed by atoms with van der Waals surface area (Å²) in [6, 6.07) is 17.0. The molecule has 0 aliphatic heterocycles. The fourth-order valence-electron chi connectivity index (χ4n) is 2.94. The highest BCUT2D eigenvalue weighted by Crippen LogP contribution is 2.28. The first-order valence-corrected chi connectivity index (χ1v) is 13.4. The van der Waals surface area contributed by atoms with Gasteiger partial charge in [0.15, 0.2) is 9.84 Å². The number of carbonyl (C=O) groups is 1. The number of amides is 1. The molecular formula is C22H21ClN2O6S2. The van der Waals surface area contributed by atoms with Crippen molar-refractivity contribution in [1.82, 2.24) is 0 Å². The average molecular weight is 509 g/mol. The molecular weight excluding hydrogens is 488 g/mol. The molecule has 33 heavy (non-hydrogen) atoms. The number of anilines is 1. The summed E-state index contributed by atoms with van der Waals surface area (Å²) in [6.07, 6.45) is 1.11. The van der Waals surface area contributed by atoms with E-state index in [-0.39, 0.29) is 40.2 Å². The molecule has 0 radical (unpaired) electrons. The molecule has 8 nitrogen and oxygen atoms in total. The van der Waals surface area contributed by atoms with Crippen molar-refractivity contribution in [3.05, 3.63) is 82.9 Å². The Morgan fingerprint density at radius 2 is 1.67 bits per heavy atom. The van der Waals surface area contributed by atoms with Crippen LogP contribution in [0.2, 0.25) is 5.02 Å². The van der Waals surface area contributed by atoms with E-state index in [1.807, 2.05) is 0 Å². The summed E-state index contributed by atoms with van der Waals surface area (Å²) in [6.45, 7) is -0.0230. The predicted molar refractivity (Wildman–Crippen MR) is 125 cm³/mol. The Hall–Kier alpha value is -2.92. The SMILES string of the molecule is CS(=O)(=O)c1ccc(COc2ccc(NC(=O)Cc3ccccc3Cl)cc2S(N)(=O)=O)cc1. The van der Waals surface area contributed by atoms with Gasteiger partial charge >= 0.3 is 0 Å². The first-order chi connectivity index (χ1) is 15.4. The van der Waals surface area contributed by atoms with E-state index in [1.54, 1.807) is 36.4 Å². The highest BCUT2D eigenvalue weighted by Gasteiger charge is 2.18. The van der Waals surface area contributed by atoms with E-state index < -0.39 is 19.9 Å². The molecule has 0 unspecified atom stereocenters. The third-order valence-corrected chi connectivity index (χ3v) is 7.02. The van der Waals surface area contributed by atoms with Crippen molar-refractivity contribution in [2.75, 3.05) is 11.6 Å². The van der Waals surface area contributed by atoms with Crippen LogP contribution in [0.25, 0.3) is 0 Å². The predicted octanol–water partition coefficient (Wildman–Crippen LogP) is 3.15. The topological polar surface area (TPSA) is 133 Å². The number of sulfonamides is 1. The Balaban J connectivity index is 1.75. The second kappa shape index (κ2) is 9.92. The lowest BCUT2D eigenvalue weighted by molar-refractivity contribution is -0.115. The van der Waals surface area contributed by atoms with Gasteiger partial charge in [0, 0.05) is 17.0 Å². The van der Waals surface area contributed by atoms with Gasteiger partial charge in [0.1, 0.15) is 17.3 Å². The van der Waals surface area contributed by atoms with Crippen molar-refractivity contribution in [2.24, 2.45) is 5.14 Å². The smallest absolute Gasteiger partial charge is 0.241 e. The van der Waals surface area contributed by atoms with Gasteiger partial charge in [-0.15, -0.1) is 0 Å². The van der Waals surface area contributed by atoms with E-state index in [2.05, 4.69) is 5.32 Å². The Morgan fingerprint density at radius 1 is 1.00 bits per heavy atom. The maximum atomic E-state index is 12.4. The Bertz CT molecular complexity index is 1390. The zero-order valence-electron chi connectivity index (χ0n) is 17.5. The average Bonchev–Trinajstić information content (AvgIpc) is 2.73. The summed E-state index contributed by atoms with van der Waals surface area (Å²) in [5.41, 5.74) is 1.48. The molecule has 0 aliphatic carbocycles. The molecule has 3 aromatic rings. The molecule has 1 amide bonds. The van der Waals surface area contributed by atoms with Crippen molar-refractivity contribution in [3.8, 4) is 5.75 Å². The number of nitrogens with two attached hydrogens (primary N) is 1. The van der Waals surface area contributed by atoms with Crippen LogP contribution in [0.4, 0.5) is 5.69 Å². The zero-order valence-corrected chi connectivity index (χ0v) is 19.9. The second-order valence-electron chi connectivity index (χ2n) is 7.23. The number of hydrogen-bond acceptors (Lipinski definition) is 6. The van der Waals surface area contributed by atoms with Gasteiger partial charge in [-0.25, -0.2) is 22.0 Å². The van der Waals surface area contributed by atoms with E-state index in [4.69, 9.17) is 21.5 Å². The summed E-state index contributed by atoms with van der Waals surface area (Å²) in [5.74, 6) is -0.392. The molecule has 174 valence electrons. The third kappa shape index (κ3) is 6.78. The molecule has 0 saturated heterocycles. The molecule has 3 N–H and O–H groups in total. The first kappa shape index (κ1) is 24.7. The number of nitrogens with one attached hydrogen (secondary N) is 1. The van der Waals surface area contributed by atoms with Gasteiger partial charge < -0.3 is 10.1 Å². The lowest BCUT2D eigenvalue weighted by atomic mass is 10.1. The molecule has 0 atom stereocenters. The summed E-state index contributed by atoms with van der Waals surface area (Å²) < 4.78 is 52.9. The minimum Gasteiger partial charge on any atom is -0.487 e. The minimum absolute atomic E-state index is 0.00575. The zero-order chi connectivity index (χ0) is 24.2. The van der Waals surface area contributed by atoms with Gasteiger partial charge in [-0.2, -0.15) is 0 Å². The van der Waals surface area contributed by atoms with Gasteiger partial charge in [0.25, 0.3) is 0 Å². The molecule has 0 saturated carbocycles. The van der Waals surface area contributed by atoms with Gasteiger partial charge in [-0.05, 0) is 47.5 Å². The van der Waals surface area contributed by atoms with Crippen LogP contribution in [-0.4, -0.2) is 29.0 Å². The number of ether oxygens (including phenoxy) is 1. The van der Waals surface area contributed by atoms with E-state index in [1.165, 1.54) is 30.3 Å². The lowest BCUT2D eigenvalue weighted by Crippen LogP contribution is -2.17. The van der Waals surface area contributed by atoms with Crippen LogP contribution in [0.15, 0.2) is 76.5 Å². The third-order valence-electron chi connectivity index (χ3n) is 4.59. The lowest BCUT2D eigenvalue weighted by Gasteiger charge is -2.13. The largest absolute Gasteiger partial charge is 0.487 e. The molecule has 0 fully saturated rings. The van der Waals surface area contributed by atoms with Gasteiger partial charge in [0.2, 0.25) is 15.9 Å². The monoisotopic (exact) mass is 508 g/mol. The molecule has 3 aromatic carbocycles. The molecule has 0 aromatic heterocycles. The number of rotatable bonds is 8. The van der Waals surface area contributed by atoms with Crippen LogP contribution in [0, 0.1) is 0 Å². The van der Waals surface area contributed by atoms with Crippen molar-refractivity contribution < 1.29 is 26.4 Å². The number of primary sulfonamides is 1. The maximum absolute atomic E-state index is 12.4. The molecule has 0 aliphatic rings. The normalized spacial score (nSPS) is 11.7. The van der Waals surface area contributed by atoms with Crippen LogP contribution in [-0.2, 0) is 37.7 Å². The number of benzene rings is 3. The van der Waals surface area contributed by atoms with Gasteiger partial charge in [-0.1, -0.05) is 41.9 Å². The van der Waals surface area contributed by atoms with Crippen molar-refractivity contribution in [2.45, 2.75) is 22.8 Å². The summed E-state index contributed by atoms with van der Waals surface area (Å²) in [5, 5.41) is 8.40. The Labute approximate surface area is 197 Å². The van der Waals surface area contributed by atoms with Gasteiger partial charge in [0.05, 0.1) is 11.3 Å². The fourth-order valence-corrected chi connectivity index (χ4v) is 4.47. The van der Waals surface area contributed by atoms with E-state index >= 15 is 0 Å². The molecule has 0 heterocycles. The van der Waals surface area contributed by atoms with Crippen molar-refractivity contribution >= 4 is 43.1 Å². The summed E-state index contributed by atoms with van der Waals surface area (Å²) in [4.78, 5) is 12.2. The minimum atomic E-state index is -4.16. The maximum Gasteiger partial charge on any atom is 0.241 e. The first-order valence-electron chi connectivity index (χ1n) is 9.55. The number of hydrogen-bond donors (Lipinski definition) is 2. The number of halogens is 1. The standard InChI is InChI=1S/C22H21ClN2O6S2/c1-32(27,28)18-9-6-15(7-10-18)14-31-20-11-8-17(13-21(20)33(24,29)30)25-22(26)12-16-4-2-3-5-19(16)23/h2-11,13H,12,14H2,1H3,(H,25,26)(H2,24,29,30). The van der Waals surface area contributed by atoms with Crippen LogP contribution in [0.3, 0.4) is 0 Å². The van der Waals surface area contributed by atoms with E-state index in [9.17, 15) is 21.6 Å². The van der Waals surface area contributed by atoms with E-state index in [0.29, 0.717) is 16.1 Å².